The van der Waals surface area contributed by atoms with E-state index in [1.807, 2.05) is 0 Å². The highest BCUT2D eigenvalue weighted by Gasteiger charge is 2.16. The third kappa shape index (κ3) is 4.07. The first-order valence-corrected chi connectivity index (χ1v) is 5.33. The van der Waals surface area contributed by atoms with Gasteiger partial charge in [-0.3, -0.25) is 4.79 Å². The number of nitrogens with one attached hydrogen (secondary N) is 1. The molecule has 0 bridgehead atoms. The number of aliphatic hydroxyl groups is 1. The standard InChI is InChI=1S/C10H20N2O2/c1-11-10(14)5-3-7-12-6-2-4-9(13)8-12/h9,13H,2-8H2,1H3,(H,11,14). The van der Waals surface area contributed by atoms with Crippen molar-refractivity contribution in [3.63, 3.8) is 0 Å². The van der Waals surface area contributed by atoms with Gasteiger partial charge in [-0.2, -0.15) is 0 Å². The fourth-order valence-corrected chi connectivity index (χ4v) is 1.82. The Morgan fingerprint density at radius 1 is 1.64 bits per heavy atom. The van der Waals surface area contributed by atoms with Crippen LogP contribution in [0, 0.1) is 0 Å². The summed E-state index contributed by atoms with van der Waals surface area (Å²) >= 11 is 0. The molecule has 1 amide bonds. The lowest BCUT2D eigenvalue weighted by Crippen LogP contribution is -2.39. The van der Waals surface area contributed by atoms with Crippen LogP contribution in [0.5, 0.6) is 0 Å². The van der Waals surface area contributed by atoms with Crippen molar-refractivity contribution in [1.82, 2.24) is 10.2 Å². The van der Waals surface area contributed by atoms with Crippen LogP contribution in [0.1, 0.15) is 25.7 Å². The van der Waals surface area contributed by atoms with Crippen LogP contribution in [0.4, 0.5) is 0 Å². The molecule has 14 heavy (non-hydrogen) atoms. The molecule has 1 atom stereocenters. The minimum Gasteiger partial charge on any atom is -0.392 e. The van der Waals surface area contributed by atoms with Crippen LogP contribution in [0.15, 0.2) is 0 Å². The largest absolute Gasteiger partial charge is 0.392 e. The summed E-state index contributed by atoms with van der Waals surface area (Å²) in [5.74, 6) is 0.0996. The van der Waals surface area contributed by atoms with Gasteiger partial charge in [0.1, 0.15) is 0 Å². The van der Waals surface area contributed by atoms with Gasteiger partial charge in [0.25, 0.3) is 0 Å². The molecule has 1 aliphatic rings. The number of β-amino-alcohol motifs (C(OH)–C–C–N with tert-alkyl or cyclic N) is 1. The first kappa shape index (κ1) is 11.5. The molecule has 0 spiro atoms. The van der Waals surface area contributed by atoms with Gasteiger partial charge in [0.2, 0.25) is 5.91 Å². The number of hydrogen-bond donors (Lipinski definition) is 2. The third-order valence-electron chi connectivity index (χ3n) is 2.64. The summed E-state index contributed by atoms with van der Waals surface area (Å²) in [6, 6.07) is 0. The Balaban J connectivity index is 2.08. The summed E-state index contributed by atoms with van der Waals surface area (Å²) in [7, 11) is 1.66. The Labute approximate surface area is 85.3 Å². The van der Waals surface area contributed by atoms with E-state index in [4.69, 9.17) is 0 Å². The van der Waals surface area contributed by atoms with E-state index in [1.165, 1.54) is 0 Å². The van der Waals surface area contributed by atoms with Crippen molar-refractivity contribution >= 4 is 5.91 Å². The summed E-state index contributed by atoms with van der Waals surface area (Å²) < 4.78 is 0. The second kappa shape index (κ2) is 5.98. The highest BCUT2D eigenvalue weighted by atomic mass is 16.3. The Bertz CT molecular complexity index is 185. The van der Waals surface area contributed by atoms with Crippen molar-refractivity contribution in [3.8, 4) is 0 Å². The normalized spacial score (nSPS) is 23.4. The molecule has 1 heterocycles. The first-order valence-electron chi connectivity index (χ1n) is 5.33. The number of hydrogen-bond acceptors (Lipinski definition) is 3. The van der Waals surface area contributed by atoms with Crippen molar-refractivity contribution in [2.45, 2.75) is 31.8 Å². The number of carbonyl (C=O) groups excluding carboxylic acids is 1. The van der Waals surface area contributed by atoms with Crippen molar-refractivity contribution in [3.05, 3.63) is 0 Å². The topological polar surface area (TPSA) is 52.6 Å². The van der Waals surface area contributed by atoms with Gasteiger partial charge in [0.05, 0.1) is 6.10 Å². The lowest BCUT2D eigenvalue weighted by atomic mass is 10.1. The van der Waals surface area contributed by atoms with Gasteiger partial charge in [0, 0.05) is 20.0 Å². The van der Waals surface area contributed by atoms with E-state index in [2.05, 4.69) is 10.2 Å². The van der Waals surface area contributed by atoms with Gasteiger partial charge in [-0.05, 0) is 32.4 Å². The number of nitrogens with zero attached hydrogens (tertiary/aromatic N) is 1. The van der Waals surface area contributed by atoms with Gasteiger partial charge in [-0.1, -0.05) is 0 Å². The molecular formula is C10H20N2O2. The molecule has 2 N–H and O–H groups in total. The highest BCUT2D eigenvalue weighted by Crippen LogP contribution is 2.10. The van der Waals surface area contributed by atoms with Gasteiger partial charge in [-0.15, -0.1) is 0 Å². The highest BCUT2D eigenvalue weighted by molar-refractivity contribution is 5.75. The zero-order chi connectivity index (χ0) is 10.4. The van der Waals surface area contributed by atoms with Crippen LogP contribution in [-0.4, -0.2) is 48.7 Å². The molecule has 0 aromatic rings. The molecule has 1 saturated heterocycles. The lowest BCUT2D eigenvalue weighted by molar-refractivity contribution is -0.120. The van der Waals surface area contributed by atoms with E-state index in [0.717, 1.165) is 38.9 Å². The molecule has 1 aliphatic heterocycles. The number of piperidine rings is 1. The van der Waals surface area contributed by atoms with Crippen molar-refractivity contribution < 1.29 is 9.90 Å². The predicted molar refractivity (Wildman–Crippen MR) is 55.0 cm³/mol. The van der Waals surface area contributed by atoms with E-state index in [9.17, 15) is 9.90 Å². The molecule has 0 radical (unpaired) electrons. The molecule has 0 saturated carbocycles. The van der Waals surface area contributed by atoms with Gasteiger partial charge < -0.3 is 15.3 Å². The van der Waals surface area contributed by atoms with Gasteiger partial charge >= 0.3 is 0 Å². The number of amides is 1. The summed E-state index contributed by atoms with van der Waals surface area (Å²) in [6.07, 6.45) is 3.30. The summed E-state index contributed by atoms with van der Waals surface area (Å²) in [4.78, 5) is 13.2. The van der Waals surface area contributed by atoms with Crippen LogP contribution in [-0.2, 0) is 4.79 Å². The van der Waals surface area contributed by atoms with Crippen LogP contribution >= 0.6 is 0 Å². The summed E-state index contributed by atoms with van der Waals surface area (Å²) in [6.45, 7) is 2.75. The van der Waals surface area contributed by atoms with Crippen LogP contribution in [0.25, 0.3) is 0 Å². The maximum absolute atomic E-state index is 10.9. The quantitative estimate of drug-likeness (QED) is 0.670. The fraction of sp³-hybridized carbons (Fsp3) is 0.900. The van der Waals surface area contributed by atoms with E-state index < -0.39 is 0 Å². The van der Waals surface area contributed by atoms with Gasteiger partial charge in [0.15, 0.2) is 0 Å². The molecule has 1 unspecified atom stereocenters. The van der Waals surface area contributed by atoms with E-state index in [1.54, 1.807) is 7.05 Å². The maximum Gasteiger partial charge on any atom is 0.219 e. The Hall–Kier alpha value is -0.610. The molecule has 4 nitrogen and oxygen atoms in total. The van der Waals surface area contributed by atoms with Crippen LogP contribution in [0.2, 0.25) is 0 Å². The average molecular weight is 200 g/mol. The molecule has 82 valence electrons. The van der Waals surface area contributed by atoms with Crippen molar-refractivity contribution in [1.29, 1.82) is 0 Å². The monoisotopic (exact) mass is 200 g/mol. The smallest absolute Gasteiger partial charge is 0.219 e. The fourth-order valence-electron chi connectivity index (χ4n) is 1.82. The minimum atomic E-state index is -0.163. The number of rotatable bonds is 4. The summed E-state index contributed by atoms with van der Waals surface area (Å²) in [5.41, 5.74) is 0. The number of carbonyl (C=O) groups is 1. The zero-order valence-corrected chi connectivity index (χ0v) is 8.83. The molecule has 0 aromatic heterocycles. The number of aliphatic hydroxyl groups excluding tert-OH is 1. The van der Waals surface area contributed by atoms with Gasteiger partial charge in [-0.25, -0.2) is 0 Å². The molecule has 1 fully saturated rings. The summed E-state index contributed by atoms with van der Waals surface area (Å²) in [5, 5.41) is 12.0. The van der Waals surface area contributed by atoms with E-state index in [0.29, 0.717) is 6.42 Å². The van der Waals surface area contributed by atoms with Crippen molar-refractivity contribution in [2.75, 3.05) is 26.7 Å². The second-order valence-corrected chi connectivity index (χ2v) is 3.87. The van der Waals surface area contributed by atoms with Crippen LogP contribution < -0.4 is 5.32 Å². The Morgan fingerprint density at radius 2 is 2.43 bits per heavy atom. The average Bonchev–Trinajstić information content (AvgIpc) is 2.17. The number of likely N-dealkylation sites (tertiary alicyclic amines) is 1. The molecular weight excluding hydrogens is 180 g/mol. The maximum atomic E-state index is 10.9. The Morgan fingerprint density at radius 3 is 3.07 bits per heavy atom. The van der Waals surface area contributed by atoms with E-state index in [-0.39, 0.29) is 12.0 Å². The lowest BCUT2D eigenvalue weighted by Gasteiger charge is -2.29. The van der Waals surface area contributed by atoms with E-state index >= 15 is 0 Å². The molecule has 0 aliphatic carbocycles. The second-order valence-electron chi connectivity index (χ2n) is 3.87. The molecule has 0 aromatic carbocycles. The molecule has 4 heteroatoms. The zero-order valence-electron chi connectivity index (χ0n) is 8.83. The van der Waals surface area contributed by atoms with Crippen LogP contribution in [0.3, 0.4) is 0 Å². The van der Waals surface area contributed by atoms with Crippen molar-refractivity contribution in [2.24, 2.45) is 0 Å². The third-order valence-corrected chi connectivity index (χ3v) is 2.64. The SMILES string of the molecule is CNC(=O)CCCN1CCCC(O)C1. The first-order chi connectivity index (χ1) is 6.72. The minimum absolute atomic E-state index is 0.0996. The molecule has 1 rings (SSSR count). The predicted octanol–water partition coefficient (Wildman–Crippen LogP) is -0.0307. The Kier molecular flexibility index (Phi) is 4.90.